The fourth-order valence-electron chi connectivity index (χ4n) is 1.15. The predicted molar refractivity (Wildman–Crippen MR) is 59.7 cm³/mol. The molecular formula is C12H17NO. The van der Waals surface area contributed by atoms with Gasteiger partial charge < -0.3 is 5.11 Å². The van der Waals surface area contributed by atoms with Gasteiger partial charge in [-0.15, -0.1) is 0 Å². The van der Waals surface area contributed by atoms with Crippen molar-refractivity contribution in [3.05, 3.63) is 35.9 Å². The quantitative estimate of drug-likeness (QED) is 0.726. The molecule has 0 aromatic heterocycles. The fourth-order valence-corrected chi connectivity index (χ4v) is 1.15. The fraction of sp³-hybridized carbons (Fsp3) is 0.417. The van der Waals surface area contributed by atoms with E-state index in [1.807, 2.05) is 36.5 Å². The molecule has 0 aliphatic carbocycles. The molecule has 0 amide bonds. The van der Waals surface area contributed by atoms with Crippen LogP contribution < -0.4 is 0 Å². The first kappa shape index (κ1) is 10.9. The molecule has 76 valence electrons. The highest BCUT2D eigenvalue weighted by Crippen LogP contribution is 2.05. The average Bonchev–Trinajstić information content (AvgIpc) is 2.20. The normalized spacial score (nSPS) is 13.7. The van der Waals surface area contributed by atoms with E-state index in [0.29, 0.717) is 5.92 Å². The molecule has 0 aliphatic rings. The van der Waals surface area contributed by atoms with Crippen LogP contribution in [0.5, 0.6) is 0 Å². The summed E-state index contributed by atoms with van der Waals surface area (Å²) in [5.41, 5.74) is 1.08. The largest absolute Gasteiger partial charge is 0.394 e. The zero-order valence-corrected chi connectivity index (χ0v) is 8.72. The second-order valence-electron chi connectivity index (χ2n) is 3.68. The van der Waals surface area contributed by atoms with E-state index in [4.69, 9.17) is 5.11 Å². The van der Waals surface area contributed by atoms with E-state index in [0.717, 1.165) is 5.56 Å². The molecule has 0 aliphatic heterocycles. The number of hydrogen-bond donors (Lipinski definition) is 1. The number of aliphatic hydroxyl groups is 1. The Morgan fingerprint density at radius 1 is 1.29 bits per heavy atom. The summed E-state index contributed by atoms with van der Waals surface area (Å²) in [5, 5.41) is 9.06. The second-order valence-corrected chi connectivity index (χ2v) is 3.68. The first-order valence-corrected chi connectivity index (χ1v) is 4.93. The molecule has 14 heavy (non-hydrogen) atoms. The van der Waals surface area contributed by atoms with Gasteiger partial charge in [-0.2, -0.15) is 0 Å². The molecule has 2 nitrogen and oxygen atoms in total. The van der Waals surface area contributed by atoms with Crippen molar-refractivity contribution in [2.75, 3.05) is 6.61 Å². The molecule has 0 saturated carbocycles. The summed E-state index contributed by atoms with van der Waals surface area (Å²) in [7, 11) is 0. The zero-order valence-electron chi connectivity index (χ0n) is 8.72. The molecule has 0 saturated heterocycles. The Bertz CT molecular complexity index is 280. The third-order valence-corrected chi connectivity index (χ3v) is 2.17. The van der Waals surface area contributed by atoms with Gasteiger partial charge in [0.05, 0.1) is 12.6 Å². The topological polar surface area (TPSA) is 32.6 Å². The Hall–Kier alpha value is -1.15. The highest BCUT2D eigenvalue weighted by molar-refractivity contribution is 5.79. The Morgan fingerprint density at radius 2 is 1.93 bits per heavy atom. The van der Waals surface area contributed by atoms with E-state index in [-0.39, 0.29) is 12.6 Å². The van der Waals surface area contributed by atoms with Gasteiger partial charge in [-0.05, 0) is 11.5 Å². The van der Waals surface area contributed by atoms with E-state index in [9.17, 15) is 0 Å². The highest BCUT2D eigenvalue weighted by atomic mass is 16.3. The second kappa shape index (κ2) is 5.55. The van der Waals surface area contributed by atoms with Crippen molar-refractivity contribution in [1.29, 1.82) is 0 Å². The van der Waals surface area contributed by atoms with Crippen LogP contribution >= 0.6 is 0 Å². The Morgan fingerprint density at radius 3 is 2.43 bits per heavy atom. The molecule has 1 atom stereocenters. The van der Waals surface area contributed by atoms with Gasteiger partial charge in [0, 0.05) is 6.21 Å². The smallest absolute Gasteiger partial charge is 0.0753 e. The van der Waals surface area contributed by atoms with Crippen LogP contribution in [-0.2, 0) is 0 Å². The van der Waals surface area contributed by atoms with Gasteiger partial charge in [-0.1, -0.05) is 44.2 Å². The standard InChI is InChI=1S/C12H17NO/c1-10(2)12(9-14)13-8-11-6-4-3-5-7-11/h3-8,10,12,14H,9H2,1-2H3/t12-/m0/s1. The minimum Gasteiger partial charge on any atom is -0.394 e. The van der Waals surface area contributed by atoms with Gasteiger partial charge in [-0.25, -0.2) is 0 Å². The number of aliphatic hydroxyl groups excluding tert-OH is 1. The number of rotatable bonds is 4. The number of hydrogen-bond acceptors (Lipinski definition) is 2. The monoisotopic (exact) mass is 191 g/mol. The van der Waals surface area contributed by atoms with Crippen LogP contribution in [0.15, 0.2) is 35.3 Å². The van der Waals surface area contributed by atoms with Crippen LogP contribution in [0.4, 0.5) is 0 Å². The first-order valence-electron chi connectivity index (χ1n) is 4.93. The lowest BCUT2D eigenvalue weighted by Gasteiger charge is -2.12. The van der Waals surface area contributed by atoms with Crippen molar-refractivity contribution in [2.45, 2.75) is 19.9 Å². The summed E-state index contributed by atoms with van der Waals surface area (Å²) in [5.74, 6) is 0.375. The van der Waals surface area contributed by atoms with Crippen molar-refractivity contribution in [2.24, 2.45) is 10.9 Å². The summed E-state index contributed by atoms with van der Waals surface area (Å²) in [6.45, 7) is 4.23. The Labute approximate surface area is 85.3 Å². The van der Waals surface area contributed by atoms with Crippen LogP contribution in [0.25, 0.3) is 0 Å². The van der Waals surface area contributed by atoms with Crippen molar-refractivity contribution < 1.29 is 5.11 Å². The van der Waals surface area contributed by atoms with Crippen LogP contribution in [0.1, 0.15) is 19.4 Å². The van der Waals surface area contributed by atoms with Crippen LogP contribution in [0, 0.1) is 5.92 Å². The van der Waals surface area contributed by atoms with Gasteiger partial charge in [0.25, 0.3) is 0 Å². The van der Waals surface area contributed by atoms with E-state index in [2.05, 4.69) is 18.8 Å². The van der Waals surface area contributed by atoms with E-state index in [1.165, 1.54) is 0 Å². The third-order valence-electron chi connectivity index (χ3n) is 2.17. The van der Waals surface area contributed by atoms with Crippen molar-refractivity contribution in [3.63, 3.8) is 0 Å². The van der Waals surface area contributed by atoms with E-state index < -0.39 is 0 Å². The number of aliphatic imine (C=N–C) groups is 1. The molecule has 1 rings (SSSR count). The molecule has 0 unspecified atom stereocenters. The molecule has 0 spiro atoms. The van der Waals surface area contributed by atoms with Gasteiger partial charge in [0.15, 0.2) is 0 Å². The van der Waals surface area contributed by atoms with E-state index >= 15 is 0 Å². The molecular weight excluding hydrogens is 174 g/mol. The summed E-state index contributed by atoms with van der Waals surface area (Å²) in [6, 6.07) is 9.94. The molecule has 0 fully saturated rings. The zero-order chi connectivity index (χ0) is 10.4. The molecule has 0 radical (unpaired) electrons. The van der Waals surface area contributed by atoms with Gasteiger partial charge >= 0.3 is 0 Å². The maximum Gasteiger partial charge on any atom is 0.0753 e. The molecule has 2 heteroatoms. The minimum absolute atomic E-state index is 0.00945. The number of nitrogens with zero attached hydrogens (tertiary/aromatic N) is 1. The summed E-state index contributed by atoms with van der Waals surface area (Å²) < 4.78 is 0. The highest BCUT2D eigenvalue weighted by Gasteiger charge is 2.08. The maximum atomic E-state index is 9.06. The molecule has 1 N–H and O–H groups in total. The Balaban J connectivity index is 2.63. The van der Waals surface area contributed by atoms with Crippen LogP contribution in [-0.4, -0.2) is 24.0 Å². The van der Waals surface area contributed by atoms with Crippen LogP contribution in [0.3, 0.4) is 0 Å². The minimum atomic E-state index is 0.00945. The lowest BCUT2D eigenvalue weighted by atomic mass is 10.1. The van der Waals surface area contributed by atoms with Crippen molar-refractivity contribution in [3.8, 4) is 0 Å². The van der Waals surface area contributed by atoms with Gasteiger partial charge in [0.1, 0.15) is 0 Å². The lowest BCUT2D eigenvalue weighted by molar-refractivity contribution is 0.240. The third kappa shape index (κ3) is 3.30. The average molecular weight is 191 g/mol. The molecule has 0 heterocycles. The summed E-state index contributed by atoms with van der Waals surface area (Å²) >= 11 is 0. The number of benzene rings is 1. The summed E-state index contributed by atoms with van der Waals surface area (Å²) in [4.78, 5) is 4.34. The summed E-state index contributed by atoms with van der Waals surface area (Å²) in [6.07, 6.45) is 1.82. The van der Waals surface area contributed by atoms with Gasteiger partial charge in [-0.3, -0.25) is 4.99 Å². The van der Waals surface area contributed by atoms with Gasteiger partial charge in [0.2, 0.25) is 0 Å². The molecule has 1 aromatic rings. The van der Waals surface area contributed by atoms with Crippen molar-refractivity contribution >= 4 is 6.21 Å². The van der Waals surface area contributed by atoms with Crippen molar-refractivity contribution in [1.82, 2.24) is 0 Å². The molecule has 1 aromatic carbocycles. The first-order chi connectivity index (χ1) is 6.74. The van der Waals surface area contributed by atoms with E-state index in [1.54, 1.807) is 0 Å². The Kier molecular flexibility index (Phi) is 4.33. The SMILES string of the molecule is CC(C)[C@H](CO)N=Cc1ccccc1. The maximum absolute atomic E-state index is 9.06. The lowest BCUT2D eigenvalue weighted by Crippen LogP contribution is -2.17. The van der Waals surface area contributed by atoms with Crippen LogP contribution in [0.2, 0.25) is 0 Å². The predicted octanol–water partition coefficient (Wildman–Crippen LogP) is 2.12. The molecule has 0 bridgehead atoms.